The lowest BCUT2D eigenvalue weighted by Crippen LogP contribution is -2.44. The molecule has 23 heavy (non-hydrogen) atoms. The number of rotatable bonds is 5. The number of hydrogen-bond acceptors (Lipinski definition) is 5. The van der Waals surface area contributed by atoms with Crippen molar-refractivity contribution in [2.75, 3.05) is 39.3 Å². The third-order valence-electron chi connectivity index (χ3n) is 4.55. The number of fused-ring (bicyclic) bond motifs is 1. The van der Waals surface area contributed by atoms with Crippen LogP contribution in [0.4, 0.5) is 4.79 Å². The lowest BCUT2D eigenvalue weighted by Gasteiger charge is -2.27. The minimum Gasteiger partial charge on any atom is -0.449 e. The number of amides is 1. The Labute approximate surface area is 137 Å². The van der Waals surface area contributed by atoms with E-state index in [1.165, 1.54) is 5.56 Å². The van der Waals surface area contributed by atoms with E-state index < -0.39 is 0 Å². The van der Waals surface area contributed by atoms with Gasteiger partial charge in [0.15, 0.2) is 0 Å². The molecule has 0 spiro atoms. The molecule has 1 aliphatic carbocycles. The van der Waals surface area contributed by atoms with Crippen molar-refractivity contribution in [3.63, 3.8) is 0 Å². The smallest absolute Gasteiger partial charge is 0.407 e. The molecule has 2 aliphatic rings. The quantitative estimate of drug-likeness (QED) is 0.805. The zero-order valence-corrected chi connectivity index (χ0v) is 13.6. The molecule has 2 heterocycles. The van der Waals surface area contributed by atoms with Gasteiger partial charge in [0.1, 0.15) is 0 Å². The van der Waals surface area contributed by atoms with Crippen molar-refractivity contribution in [2.24, 2.45) is 0 Å². The van der Waals surface area contributed by atoms with E-state index in [-0.39, 0.29) is 12.1 Å². The fraction of sp³-hybridized carbons (Fsp3) is 0.647. The molecule has 126 valence electrons. The summed E-state index contributed by atoms with van der Waals surface area (Å²) in [5.74, 6) is 0. The third kappa shape index (κ3) is 4.65. The summed E-state index contributed by atoms with van der Waals surface area (Å²) in [6, 6.07) is 4.03. The van der Waals surface area contributed by atoms with Gasteiger partial charge >= 0.3 is 6.09 Å². The fourth-order valence-corrected chi connectivity index (χ4v) is 3.32. The van der Waals surface area contributed by atoms with E-state index in [2.05, 4.69) is 26.6 Å². The normalized spacial score (nSPS) is 21.5. The SMILES string of the molecule is O=C(N[C@H]1CCCc2cccnc21)OCCCN1CCNCC1. The average molecular weight is 318 g/mol. The summed E-state index contributed by atoms with van der Waals surface area (Å²) in [6.45, 7) is 5.72. The Balaban J connectivity index is 1.38. The van der Waals surface area contributed by atoms with Crippen molar-refractivity contribution in [1.82, 2.24) is 20.5 Å². The van der Waals surface area contributed by atoms with Gasteiger partial charge in [-0.3, -0.25) is 4.98 Å². The van der Waals surface area contributed by atoms with Crippen LogP contribution in [0.2, 0.25) is 0 Å². The number of ether oxygens (including phenoxy) is 1. The highest BCUT2D eigenvalue weighted by Crippen LogP contribution is 2.27. The van der Waals surface area contributed by atoms with Crippen molar-refractivity contribution in [3.8, 4) is 0 Å². The maximum absolute atomic E-state index is 12.0. The predicted octanol–water partition coefficient (Wildman–Crippen LogP) is 1.48. The second-order valence-electron chi connectivity index (χ2n) is 6.22. The van der Waals surface area contributed by atoms with E-state index in [4.69, 9.17) is 4.74 Å². The van der Waals surface area contributed by atoms with Crippen LogP contribution in [-0.2, 0) is 11.2 Å². The van der Waals surface area contributed by atoms with Crippen LogP contribution in [0.3, 0.4) is 0 Å². The van der Waals surface area contributed by atoms with Crippen LogP contribution in [0.15, 0.2) is 18.3 Å². The first-order chi connectivity index (χ1) is 11.3. The van der Waals surface area contributed by atoms with Crippen LogP contribution in [0.1, 0.15) is 36.6 Å². The van der Waals surface area contributed by atoms with Gasteiger partial charge in [-0.2, -0.15) is 0 Å². The van der Waals surface area contributed by atoms with Gasteiger partial charge in [0.2, 0.25) is 0 Å². The first kappa shape index (κ1) is 16.2. The maximum atomic E-state index is 12.0. The van der Waals surface area contributed by atoms with Crippen molar-refractivity contribution in [1.29, 1.82) is 0 Å². The van der Waals surface area contributed by atoms with Crippen LogP contribution in [-0.4, -0.2) is 55.3 Å². The number of carbonyl (C=O) groups excluding carboxylic acids is 1. The van der Waals surface area contributed by atoms with E-state index in [0.29, 0.717) is 6.61 Å². The minimum absolute atomic E-state index is 0.0133. The number of aromatic nitrogens is 1. The van der Waals surface area contributed by atoms with Gasteiger partial charge < -0.3 is 20.3 Å². The molecule has 0 saturated carbocycles. The second-order valence-corrected chi connectivity index (χ2v) is 6.22. The number of nitrogens with one attached hydrogen (secondary N) is 2. The molecule has 0 bridgehead atoms. The molecule has 0 aromatic carbocycles. The Kier molecular flexibility index (Phi) is 5.82. The molecule has 0 radical (unpaired) electrons. The van der Waals surface area contributed by atoms with Crippen LogP contribution < -0.4 is 10.6 Å². The lowest BCUT2D eigenvalue weighted by molar-refractivity contribution is 0.131. The molecule has 0 unspecified atom stereocenters. The van der Waals surface area contributed by atoms with Gasteiger partial charge in [0.25, 0.3) is 0 Å². The number of piperazine rings is 1. The van der Waals surface area contributed by atoms with Crippen LogP contribution in [0.5, 0.6) is 0 Å². The summed E-state index contributed by atoms with van der Waals surface area (Å²) in [5, 5.41) is 6.30. The Bertz CT molecular complexity index is 517. The van der Waals surface area contributed by atoms with Gasteiger partial charge in [0.05, 0.1) is 18.3 Å². The monoisotopic (exact) mass is 318 g/mol. The number of carbonyl (C=O) groups is 1. The molecule has 3 rings (SSSR count). The van der Waals surface area contributed by atoms with Crippen LogP contribution in [0.25, 0.3) is 0 Å². The second kappa shape index (κ2) is 8.26. The van der Waals surface area contributed by atoms with E-state index in [0.717, 1.165) is 64.1 Å². The highest BCUT2D eigenvalue weighted by molar-refractivity contribution is 5.67. The Morgan fingerprint density at radius 3 is 3.17 bits per heavy atom. The number of aryl methyl sites for hydroxylation is 1. The summed E-state index contributed by atoms with van der Waals surface area (Å²) in [6.07, 6.45) is 5.40. The molecule has 6 nitrogen and oxygen atoms in total. The van der Waals surface area contributed by atoms with Crippen LogP contribution >= 0.6 is 0 Å². The van der Waals surface area contributed by atoms with Gasteiger partial charge in [-0.15, -0.1) is 0 Å². The zero-order valence-electron chi connectivity index (χ0n) is 13.6. The molecule has 1 atom stereocenters. The van der Waals surface area contributed by atoms with Crippen molar-refractivity contribution in [2.45, 2.75) is 31.7 Å². The Morgan fingerprint density at radius 1 is 1.43 bits per heavy atom. The standard InChI is InChI=1S/C17H26N4O2/c22-17(23-13-3-10-21-11-8-18-9-12-21)20-15-6-1-4-14-5-2-7-19-16(14)15/h2,5,7,15,18H,1,3-4,6,8-13H2,(H,20,22)/t15-/m0/s1. The minimum atomic E-state index is -0.325. The zero-order chi connectivity index (χ0) is 15.9. The average Bonchev–Trinajstić information content (AvgIpc) is 2.60. The van der Waals surface area contributed by atoms with E-state index in [1.54, 1.807) is 6.20 Å². The van der Waals surface area contributed by atoms with Gasteiger partial charge in [-0.1, -0.05) is 6.07 Å². The number of alkyl carbamates (subject to hydrolysis) is 1. The van der Waals surface area contributed by atoms with Gasteiger partial charge in [-0.05, 0) is 37.3 Å². The molecule has 1 amide bonds. The van der Waals surface area contributed by atoms with Gasteiger partial charge in [-0.25, -0.2) is 4.79 Å². The summed E-state index contributed by atoms with van der Waals surface area (Å²) >= 11 is 0. The summed E-state index contributed by atoms with van der Waals surface area (Å²) in [4.78, 5) is 18.8. The molecule has 1 fully saturated rings. The Hall–Kier alpha value is -1.66. The number of pyridine rings is 1. The topological polar surface area (TPSA) is 66.5 Å². The van der Waals surface area contributed by atoms with E-state index in [1.807, 2.05) is 6.07 Å². The van der Waals surface area contributed by atoms with Crippen molar-refractivity contribution >= 4 is 6.09 Å². The molecule has 6 heteroatoms. The van der Waals surface area contributed by atoms with E-state index in [9.17, 15) is 4.79 Å². The predicted molar refractivity (Wildman–Crippen MR) is 88.3 cm³/mol. The van der Waals surface area contributed by atoms with Crippen molar-refractivity contribution in [3.05, 3.63) is 29.6 Å². The van der Waals surface area contributed by atoms with E-state index >= 15 is 0 Å². The highest BCUT2D eigenvalue weighted by Gasteiger charge is 2.23. The Morgan fingerprint density at radius 2 is 2.30 bits per heavy atom. The van der Waals surface area contributed by atoms with Crippen LogP contribution in [0, 0.1) is 0 Å². The third-order valence-corrected chi connectivity index (χ3v) is 4.55. The first-order valence-electron chi connectivity index (χ1n) is 8.63. The van der Waals surface area contributed by atoms with Crippen molar-refractivity contribution < 1.29 is 9.53 Å². The molecule has 1 aromatic heterocycles. The molecule has 1 aromatic rings. The molecular formula is C17H26N4O2. The fourth-order valence-electron chi connectivity index (χ4n) is 3.32. The van der Waals surface area contributed by atoms with Gasteiger partial charge in [0, 0.05) is 38.9 Å². The molecule has 2 N–H and O–H groups in total. The number of hydrogen-bond donors (Lipinski definition) is 2. The highest BCUT2D eigenvalue weighted by atomic mass is 16.5. The first-order valence-corrected chi connectivity index (χ1v) is 8.63. The molecular weight excluding hydrogens is 292 g/mol. The largest absolute Gasteiger partial charge is 0.449 e. The maximum Gasteiger partial charge on any atom is 0.407 e. The summed E-state index contributed by atoms with van der Waals surface area (Å²) < 4.78 is 5.33. The number of nitrogens with zero attached hydrogens (tertiary/aromatic N) is 2. The molecule has 1 aliphatic heterocycles. The molecule has 1 saturated heterocycles. The lowest BCUT2D eigenvalue weighted by atomic mass is 9.92. The summed E-state index contributed by atoms with van der Waals surface area (Å²) in [5.41, 5.74) is 2.24. The summed E-state index contributed by atoms with van der Waals surface area (Å²) in [7, 11) is 0.